The Morgan fingerprint density at radius 3 is 2.76 bits per heavy atom. The minimum Gasteiger partial charge on any atom is -0.469 e. The van der Waals surface area contributed by atoms with Gasteiger partial charge in [0.25, 0.3) is 0 Å². The Hall–Kier alpha value is -0.940. The molecule has 0 aromatic carbocycles. The van der Waals surface area contributed by atoms with Crippen LogP contribution >= 0.6 is 11.3 Å². The highest BCUT2D eigenvalue weighted by atomic mass is 32.1. The predicted octanol–water partition coefficient (Wildman–Crippen LogP) is 2.59. The Morgan fingerprint density at radius 1 is 1.53 bits per heavy atom. The molecule has 0 aliphatic heterocycles. The van der Waals surface area contributed by atoms with Gasteiger partial charge in [0.1, 0.15) is 11.1 Å². The summed E-state index contributed by atoms with van der Waals surface area (Å²) in [7, 11) is 1.38. The molecule has 0 amide bonds. The first-order valence-corrected chi connectivity index (χ1v) is 6.59. The van der Waals surface area contributed by atoms with E-state index < -0.39 is 0 Å². The third kappa shape index (κ3) is 4.09. The molecule has 0 spiro atoms. The lowest BCUT2D eigenvalue weighted by Gasteiger charge is -2.17. The van der Waals surface area contributed by atoms with Crippen molar-refractivity contribution in [3.63, 3.8) is 0 Å². The van der Waals surface area contributed by atoms with Gasteiger partial charge < -0.3 is 9.47 Å². The van der Waals surface area contributed by atoms with E-state index in [1.807, 2.05) is 12.3 Å². The average molecular weight is 257 g/mol. The summed E-state index contributed by atoms with van der Waals surface area (Å²) in [6.45, 7) is 6.83. The first-order valence-electron chi connectivity index (χ1n) is 5.71. The van der Waals surface area contributed by atoms with E-state index in [0.717, 1.165) is 10.7 Å². The Balaban J connectivity index is 2.74. The van der Waals surface area contributed by atoms with Crippen LogP contribution in [0.15, 0.2) is 5.38 Å². The molecule has 5 heteroatoms. The fourth-order valence-corrected chi connectivity index (χ4v) is 2.52. The van der Waals surface area contributed by atoms with Gasteiger partial charge in [0.2, 0.25) is 0 Å². The molecular weight excluding hydrogens is 238 g/mol. The maximum Gasteiger partial charge on any atom is 0.311 e. The van der Waals surface area contributed by atoms with Gasteiger partial charge in [-0.05, 0) is 12.8 Å². The third-order valence-electron chi connectivity index (χ3n) is 2.32. The quantitative estimate of drug-likeness (QED) is 0.735. The van der Waals surface area contributed by atoms with Crippen molar-refractivity contribution in [3.8, 4) is 0 Å². The molecular formula is C12H19NO3S. The fourth-order valence-electron chi connectivity index (χ4n) is 1.48. The zero-order valence-electron chi connectivity index (χ0n) is 10.7. The highest BCUT2D eigenvalue weighted by Crippen LogP contribution is 2.28. The van der Waals surface area contributed by atoms with Gasteiger partial charge in [0, 0.05) is 12.0 Å². The molecule has 0 N–H and O–H groups in total. The van der Waals surface area contributed by atoms with E-state index in [1.165, 1.54) is 18.4 Å². The molecule has 1 aromatic heterocycles. The molecule has 0 aliphatic rings. The van der Waals surface area contributed by atoms with Crippen LogP contribution in [0.2, 0.25) is 0 Å². The maximum atomic E-state index is 11.1. The Bertz CT molecular complexity index is 362. The summed E-state index contributed by atoms with van der Waals surface area (Å²) < 4.78 is 10.3. The summed E-state index contributed by atoms with van der Waals surface area (Å²) in [5, 5.41) is 2.82. The second-order valence-corrected chi connectivity index (χ2v) is 4.94. The molecule has 0 fully saturated rings. The Labute approximate surface area is 106 Å². The van der Waals surface area contributed by atoms with Gasteiger partial charge in [-0.15, -0.1) is 11.3 Å². The average Bonchev–Trinajstić information content (AvgIpc) is 2.73. The van der Waals surface area contributed by atoms with Crippen LogP contribution in [0.3, 0.4) is 0 Å². The van der Waals surface area contributed by atoms with Crippen molar-refractivity contribution in [2.24, 2.45) is 5.92 Å². The van der Waals surface area contributed by atoms with Crippen LogP contribution in [-0.2, 0) is 20.7 Å². The monoisotopic (exact) mass is 257 g/mol. The molecule has 1 heterocycles. The lowest BCUT2D eigenvalue weighted by molar-refractivity contribution is -0.139. The van der Waals surface area contributed by atoms with E-state index in [1.54, 1.807) is 0 Å². The lowest BCUT2D eigenvalue weighted by atomic mass is 10.1. The summed E-state index contributed by atoms with van der Waals surface area (Å²) in [4.78, 5) is 15.6. The standard InChI is InChI=1S/C12H19NO3S/c1-5-16-11(8(2)3)12-13-9(7-17-12)6-10(14)15-4/h7-8,11H,5-6H2,1-4H3. The number of thiazole rings is 1. The van der Waals surface area contributed by atoms with Crippen LogP contribution < -0.4 is 0 Å². The second kappa shape index (κ2) is 6.71. The number of hydrogen-bond acceptors (Lipinski definition) is 5. The van der Waals surface area contributed by atoms with Crippen molar-refractivity contribution in [2.45, 2.75) is 33.3 Å². The van der Waals surface area contributed by atoms with Crippen molar-refractivity contribution in [3.05, 3.63) is 16.1 Å². The van der Waals surface area contributed by atoms with Crippen molar-refractivity contribution in [2.75, 3.05) is 13.7 Å². The van der Waals surface area contributed by atoms with Crippen LogP contribution in [0.5, 0.6) is 0 Å². The van der Waals surface area contributed by atoms with E-state index in [0.29, 0.717) is 12.5 Å². The van der Waals surface area contributed by atoms with Gasteiger partial charge in [0.05, 0.1) is 19.2 Å². The molecule has 0 saturated carbocycles. The van der Waals surface area contributed by atoms with E-state index >= 15 is 0 Å². The summed E-state index contributed by atoms with van der Waals surface area (Å²) >= 11 is 1.53. The number of hydrogen-bond donors (Lipinski definition) is 0. The topological polar surface area (TPSA) is 48.4 Å². The number of nitrogens with zero attached hydrogens (tertiary/aromatic N) is 1. The zero-order chi connectivity index (χ0) is 12.8. The van der Waals surface area contributed by atoms with E-state index in [9.17, 15) is 4.79 Å². The summed E-state index contributed by atoms with van der Waals surface area (Å²) in [5.41, 5.74) is 0.752. The van der Waals surface area contributed by atoms with Gasteiger partial charge in [0.15, 0.2) is 0 Å². The van der Waals surface area contributed by atoms with Gasteiger partial charge in [-0.2, -0.15) is 0 Å². The van der Waals surface area contributed by atoms with Crippen LogP contribution in [0.4, 0.5) is 0 Å². The molecule has 1 unspecified atom stereocenters. The molecule has 96 valence electrons. The number of aromatic nitrogens is 1. The highest BCUT2D eigenvalue weighted by molar-refractivity contribution is 7.09. The second-order valence-electron chi connectivity index (χ2n) is 4.05. The number of rotatable bonds is 6. The molecule has 0 bridgehead atoms. The lowest BCUT2D eigenvalue weighted by Crippen LogP contribution is -2.11. The van der Waals surface area contributed by atoms with Crippen molar-refractivity contribution in [1.29, 1.82) is 0 Å². The number of methoxy groups -OCH3 is 1. The number of ether oxygens (including phenoxy) is 2. The first kappa shape index (κ1) is 14.1. The Kier molecular flexibility index (Phi) is 5.58. The van der Waals surface area contributed by atoms with Gasteiger partial charge >= 0.3 is 5.97 Å². The van der Waals surface area contributed by atoms with Gasteiger partial charge in [-0.3, -0.25) is 4.79 Å². The summed E-state index contributed by atoms with van der Waals surface area (Å²) in [6.07, 6.45) is 0.237. The van der Waals surface area contributed by atoms with Crippen molar-refractivity contribution >= 4 is 17.3 Å². The molecule has 1 aromatic rings. The summed E-state index contributed by atoms with van der Waals surface area (Å²) in [6, 6.07) is 0. The largest absolute Gasteiger partial charge is 0.469 e. The van der Waals surface area contributed by atoms with Gasteiger partial charge in [-0.1, -0.05) is 13.8 Å². The molecule has 17 heavy (non-hydrogen) atoms. The minimum atomic E-state index is -0.264. The molecule has 0 radical (unpaired) electrons. The Morgan fingerprint density at radius 2 is 2.24 bits per heavy atom. The van der Waals surface area contributed by atoms with Crippen LogP contribution in [0.1, 0.15) is 37.6 Å². The number of carbonyl (C=O) groups is 1. The molecule has 0 saturated heterocycles. The first-order chi connectivity index (χ1) is 8.08. The molecule has 1 atom stereocenters. The highest BCUT2D eigenvalue weighted by Gasteiger charge is 2.20. The minimum absolute atomic E-state index is 0.0106. The smallest absolute Gasteiger partial charge is 0.311 e. The van der Waals surface area contributed by atoms with Crippen LogP contribution in [0.25, 0.3) is 0 Å². The van der Waals surface area contributed by atoms with E-state index in [4.69, 9.17) is 4.74 Å². The normalized spacial score (nSPS) is 12.8. The number of esters is 1. The third-order valence-corrected chi connectivity index (χ3v) is 3.27. The predicted molar refractivity (Wildman–Crippen MR) is 67.0 cm³/mol. The van der Waals surface area contributed by atoms with Crippen molar-refractivity contribution < 1.29 is 14.3 Å². The van der Waals surface area contributed by atoms with Gasteiger partial charge in [-0.25, -0.2) is 4.98 Å². The summed E-state index contributed by atoms with van der Waals surface area (Å²) in [5.74, 6) is 0.103. The van der Waals surface area contributed by atoms with Crippen LogP contribution in [-0.4, -0.2) is 24.7 Å². The van der Waals surface area contributed by atoms with Crippen LogP contribution in [0, 0.1) is 5.92 Å². The zero-order valence-corrected chi connectivity index (χ0v) is 11.5. The van der Waals surface area contributed by atoms with E-state index in [-0.39, 0.29) is 18.5 Å². The molecule has 0 aliphatic carbocycles. The molecule has 1 rings (SSSR count). The maximum absolute atomic E-state index is 11.1. The number of carbonyl (C=O) groups excluding carboxylic acids is 1. The van der Waals surface area contributed by atoms with Crippen molar-refractivity contribution in [1.82, 2.24) is 4.98 Å². The fraction of sp³-hybridized carbons (Fsp3) is 0.667. The van der Waals surface area contributed by atoms with E-state index in [2.05, 4.69) is 23.6 Å². The SMILES string of the molecule is CCOC(c1nc(CC(=O)OC)cs1)C(C)C. The molecule has 4 nitrogen and oxygen atoms in total.